The molecule has 1 amide bonds. The molecule has 0 fully saturated rings. The Kier molecular flexibility index (Phi) is 6.95. The average Bonchev–Trinajstić information content (AvgIpc) is 2.46. The first-order valence-corrected chi connectivity index (χ1v) is 7.23. The molecule has 0 saturated heterocycles. The maximum atomic E-state index is 11.9. The van der Waals surface area contributed by atoms with E-state index in [9.17, 15) is 24.9 Å². The van der Waals surface area contributed by atoms with E-state index in [2.05, 4.69) is 5.32 Å². The number of carbonyl (C=O) groups excluding carboxylic acids is 1. The number of hydrogen-bond acceptors (Lipinski definition) is 7. The molecule has 0 saturated carbocycles. The Hall–Kier alpha value is -1.68. The van der Waals surface area contributed by atoms with E-state index in [1.54, 1.807) is 0 Å². The topological polar surface area (TPSA) is 157 Å². The first-order chi connectivity index (χ1) is 10.7. The standard InChI is InChI=1S/C14H23NO8/c1-6(2)3-10(19)15-11-7(17)4-9(14(21)22)23-13(11)12(20)8(18)5-16/h4,6-8,11-13,16-18,20H,3,5H2,1-2H3,(H,15,19)(H,21,22)/t7-,8+,11+,12+,13+/m0/s1. The van der Waals surface area contributed by atoms with Gasteiger partial charge >= 0.3 is 5.97 Å². The number of nitrogens with one attached hydrogen (secondary N) is 1. The predicted octanol–water partition coefficient (Wildman–Crippen LogP) is -2.04. The molecule has 0 bridgehead atoms. The summed E-state index contributed by atoms with van der Waals surface area (Å²) in [5.74, 6) is -2.45. The lowest BCUT2D eigenvalue weighted by Gasteiger charge is -2.38. The van der Waals surface area contributed by atoms with Crippen LogP contribution >= 0.6 is 0 Å². The van der Waals surface area contributed by atoms with E-state index in [4.69, 9.17) is 14.9 Å². The van der Waals surface area contributed by atoms with Crippen molar-refractivity contribution in [3.8, 4) is 0 Å². The molecular weight excluding hydrogens is 310 g/mol. The van der Waals surface area contributed by atoms with Gasteiger partial charge in [0.05, 0.1) is 12.6 Å². The van der Waals surface area contributed by atoms with Crippen LogP contribution < -0.4 is 5.32 Å². The number of aliphatic hydroxyl groups excluding tert-OH is 4. The molecule has 132 valence electrons. The molecule has 0 radical (unpaired) electrons. The second-order valence-electron chi connectivity index (χ2n) is 5.84. The molecule has 1 rings (SSSR count). The van der Waals surface area contributed by atoms with E-state index in [1.165, 1.54) is 0 Å². The minimum atomic E-state index is -1.71. The van der Waals surface area contributed by atoms with E-state index >= 15 is 0 Å². The minimum absolute atomic E-state index is 0.0492. The molecular formula is C14H23NO8. The minimum Gasteiger partial charge on any atom is -0.478 e. The third-order valence-electron chi connectivity index (χ3n) is 3.36. The summed E-state index contributed by atoms with van der Waals surface area (Å²) < 4.78 is 5.09. The molecule has 9 heteroatoms. The smallest absolute Gasteiger partial charge is 0.370 e. The Morgan fingerprint density at radius 2 is 1.96 bits per heavy atom. The number of aliphatic carboxylic acids is 1. The number of aliphatic hydroxyl groups is 4. The van der Waals surface area contributed by atoms with E-state index < -0.39 is 54.7 Å². The normalized spacial score (nSPS) is 26.9. The average molecular weight is 333 g/mol. The molecule has 0 aromatic heterocycles. The molecule has 5 atom stereocenters. The van der Waals surface area contributed by atoms with Crippen LogP contribution in [0.1, 0.15) is 20.3 Å². The van der Waals surface area contributed by atoms with Gasteiger partial charge in [-0.05, 0) is 12.0 Å². The summed E-state index contributed by atoms with van der Waals surface area (Å²) in [7, 11) is 0. The summed E-state index contributed by atoms with van der Waals surface area (Å²) in [6, 6.07) is -1.17. The van der Waals surface area contributed by atoms with E-state index in [-0.39, 0.29) is 12.3 Å². The number of hydrogen-bond donors (Lipinski definition) is 6. The highest BCUT2D eigenvalue weighted by Gasteiger charge is 2.43. The second kappa shape index (κ2) is 8.25. The Balaban J connectivity index is 3.00. The second-order valence-corrected chi connectivity index (χ2v) is 5.84. The van der Waals surface area contributed by atoms with Crippen molar-refractivity contribution in [2.75, 3.05) is 6.61 Å². The largest absolute Gasteiger partial charge is 0.478 e. The van der Waals surface area contributed by atoms with Crippen LogP contribution in [-0.4, -0.2) is 74.5 Å². The van der Waals surface area contributed by atoms with Gasteiger partial charge < -0.3 is 35.6 Å². The van der Waals surface area contributed by atoms with Crippen LogP contribution in [0.4, 0.5) is 0 Å². The number of amides is 1. The molecule has 0 aliphatic carbocycles. The van der Waals surface area contributed by atoms with Crippen LogP contribution in [0.3, 0.4) is 0 Å². The molecule has 0 spiro atoms. The van der Waals surface area contributed by atoms with Gasteiger partial charge in [0, 0.05) is 6.42 Å². The molecule has 0 aromatic rings. The number of ether oxygens (including phenoxy) is 1. The Morgan fingerprint density at radius 1 is 1.35 bits per heavy atom. The van der Waals surface area contributed by atoms with Crippen molar-refractivity contribution in [2.24, 2.45) is 5.92 Å². The summed E-state index contributed by atoms with van der Waals surface area (Å²) in [4.78, 5) is 22.9. The quantitative estimate of drug-likeness (QED) is 0.311. The molecule has 0 aromatic carbocycles. The molecule has 1 aliphatic heterocycles. The predicted molar refractivity (Wildman–Crippen MR) is 77.1 cm³/mol. The highest BCUT2D eigenvalue weighted by Crippen LogP contribution is 2.23. The first-order valence-electron chi connectivity index (χ1n) is 7.23. The van der Waals surface area contributed by atoms with Gasteiger partial charge in [-0.15, -0.1) is 0 Å². The van der Waals surface area contributed by atoms with E-state index in [0.29, 0.717) is 0 Å². The zero-order valence-electron chi connectivity index (χ0n) is 12.9. The zero-order valence-corrected chi connectivity index (χ0v) is 12.9. The lowest BCUT2D eigenvalue weighted by Crippen LogP contribution is -2.60. The summed E-state index contributed by atoms with van der Waals surface area (Å²) in [6.45, 7) is 2.84. The SMILES string of the molecule is CC(C)CC(=O)N[C@H]1[C@H]([C@H](O)[C@H](O)CO)OC(C(=O)O)=C[C@@H]1O. The molecule has 1 aliphatic rings. The molecule has 9 nitrogen and oxygen atoms in total. The van der Waals surface area contributed by atoms with Crippen molar-refractivity contribution in [1.82, 2.24) is 5.32 Å². The molecule has 6 N–H and O–H groups in total. The summed E-state index contributed by atoms with van der Waals surface area (Å²) in [5.41, 5.74) is 0. The monoisotopic (exact) mass is 333 g/mol. The fourth-order valence-electron chi connectivity index (χ4n) is 2.23. The van der Waals surface area contributed by atoms with Crippen LogP contribution in [-0.2, 0) is 14.3 Å². The van der Waals surface area contributed by atoms with Crippen molar-refractivity contribution >= 4 is 11.9 Å². The highest BCUT2D eigenvalue weighted by molar-refractivity contribution is 5.84. The number of carboxylic acid groups (broad SMARTS) is 1. The lowest BCUT2D eigenvalue weighted by atomic mass is 9.93. The van der Waals surface area contributed by atoms with Gasteiger partial charge in [0.15, 0.2) is 6.10 Å². The third-order valence-corrected chi connectivity index (χ3v) is 3.36. The van der Waals surface area contributed by atoms with Gasteiger partial charge in [-0.1, -0.05) is 13.8 Å². The van der Waals surface area contributed by atoms with Crippen molar-refractivity contribution < 1.29 is 39.9 Å². The van der Waals surface area contributed by atoms with E-state index in [1.807, 2.05) is 13.8 Å². The van der Waals surface area contributed by atoms with Gasteiger partial charge in [0.1, 0.15) is 18.3 Å². The summed E-state index contributed by atoms with van der Waals surface area (Å²) in [6.07, 6.45) is -5.14. The van der Waals surface area contributed by atoms with Gasteiger partial charge in [-0.2, -0.15) is 0 Å². The number of carboxylic acids is 1. The molecule has 0 unspecified atom stereocenters. The van der Waals surface area contributed by atoms with Gasteiger partial charge in [-0.25, -0.2) is 4.79 Å². The summed E-state index contributed by atoms with van der Waals surface area (Å²) >= 11 is 0. The van der Waals surface area contributed by atoms with Crippen LogP contribution in [0.5, 0.6) is 0 Å². The number of rotatable bonds is 7. The maximum absolute atomic E-state index is 11.9. The zero-order chi connectivity index (χ0) is 17.7. The van der Waals surface area contributed by atoms with Gasteiger partial charge in [-0.3, -0.25) is 4.79 Å². The lowest BCUT2D eigenvalue weighted by molar-refractivity contribution is -0.149. The maximum Gasteiger partial charge on any atom is 0.370 e. The third kappa shape index (κ3) is 5.17. The van der Waals surface area contributed by atoms with E-state index in [0.717, 1.165) is 6.08 Å². The first kappa shape index (κ1) is 19.4. The molecule has 23 heavy (non-hydrogen) atoms. The molecule has 1 heterocycles. The van der Waals surface area contributed by atoms with Gasteiger partial charge in [0.2, 0.25) is 11.7 Å². The fraction of sp³-hybridized carbons (Fsp3) is 0.714. The Bertz CT molecular complexity index is 464. The Labute approximate surface area is 133 Å². The van der Waals surface area contributed by atoms with Crippen LogP contribution in [0.15, 0.2) is 11.8 Å². The van der Waals surface area contributed by atoms with Crippen LogP contribution in [0, 0.1) is 5.92 Å². The van der Waals surface area contributed by atoms with Crippen molar-refractivity contribution in [2.45, 2.75) is 50.7 Å². The number of carbonyl (C=O) groups is 2. The van der Waals surface area contributed by atoms with Crippen molar-refractivity contribution in [1.29, 1.82) is 0 Å². The van der Waals surface area contributed by atoms with Crippen molar-refractivity contribution in [3.05, 3.63) is 11.8 Å². The fourth-order valence-corrected chi connectivity index (χ4v) is 2.23. The highest BCUT2D eigenvalue weighted by atomic mass is 16.5. The van der Waals surface area contributed by atoms with Crippen LogP contribution in [0.25, 0.3) is 0 Å². The summed E-state index contributed by atoms with van der Waals surface area (Å²) in [5, 5.41) is 49.9. The van der Waals surface area contributed by atoms with Crippen molar-refractivity contribution in [3.63, 3.8) is 0 Å². The van der Waals surface area contributed by atoms with Crippen LogP contribution in [0.2, 0.25) is 0 Å². The Morgan fingerprint density at radius 3 is 2.43 bits per heavy atom. The van der Waals surface area contributed by atoms with Gasteiger partial charge in [0.25, 0.3) is 0 Å².